The van der Waals surface area contributed by atoms with E-state index in [1.165, 1.54) is 24.2 Å². The molecule has 0 fully saturated rings. The van der Waals surface area contributed by atoms with Gasteiger partial charge in [-0.15, -0.1) is 11.8 Å². The Hall–Kier alpha value is 0.01000. The van der Waals surface area contributed by atoms with Gasteiger partial charge in [-0.05, 0) is 34.5 Å². The third-order valence-electron chi connectivity index (χ3n) is 2.66. The average Bonchev–Trinajstić information content (AvgIpc) is 2.34. The van der Waals surface area contributed by atoms with Gasteiger partial charge in [0, 0.05) is 15.1 Å². The van der Waals surface area contributed by atoms with Gasteiger partial charge in [-0.1, -0.05) is 44.7 Å². The lowest BCUT2D eigenvalue weighted by molar-refractivity contribution is 0.185. The minimum atomic E-state index is -0.177. The molecule has 0 radical (unpaired) electrons. The molecule has 0 amide bonds. The standard InChI is InChI=1S/C14H21BrOS/c1-2-3-4-5-8-12(16)11-17-14-10-7-6-9-13(14)15/h6-7,9-10,12,16H,2-5,8,11H2,1H3. The largest absolute Gasteiger partial charge is 0.392 e. The summed E-state index contributed by atoms with van der Waals surface area (Å²) in [7, 11) is 0. The highest BCUT2D eigenvalue weighted by Crippen LogP contribution is 2.27. The lowest BCUT2D eigenvalue weighted by atomic mass is 10.1. The van der Waals surface area contributed by atoms with Crippen molar-refractivity contribution in [2.45, 2.75) is 50.0 Å². The Morgan fingerprint density at radius 3 is 2.71 bits per heavy atom. The SMILES string of the molecule is CCCCCCC(O)CSc1ccccc1Br. The number of aliphatic hydroxyl groups excluding tert-OH is 1. The summed E-state index contributed by atoms with van der Waals surface area (Å²) in [5, 5.41) is 9.86. The van der Waals surface area contributed by atoms with Crippen LogP contribution in [0.2, 0.25) is 0 Å². The topological polar surface area (TPSA) is 20.2 Å². The van der Waals surface area contributed by atoms with Gasteiger partial charge in [0.25, 0.3) is 0 Å². The lowest BCUT2D eigenvalue weighted by Crippen LogP contribution is -2.09. The minimum absolute atomic E-state index is 0.177. The lowest BCUT2D eigenvalue weighted by Gasteiger charge is -2.10. The molecule has 0 saturated carbocycles. The molecule has 1 aromatic rings. The second-order valence-electron chi connectivity index (χ2n) is 4.24. The fraction of sp³-hybridized carbons (Fsp3) is 0.571. The number of benzene rings is 1. The van der Waals surface area contributed by atoms with E-state index in [2.05, 4.69) is 28.9 Å². The number of hydrogen-bond donors (Lipinski definition) is 1. The zero-order valence-corrected chi connectivity index (χ0v) is 12.8. The van der Waals surface area contributed by atoms with Gasteiger partial charge in [0.05, 0.1) is 6.10 Å². The monoisotopic (exact) mass is 316 g/mol. The van der Waals surface area contributed by atoms with Crippen LogP contribution in [0.25, 0.3) is 0 Å². The van der Waals surface area contributed by atoms with Crippen molar-refractivity contribution in [3.05, 3.63) is 28.7 Å². The van der Waals surface area contributed by atoms with Crippen molar-refractivity contribution in [1.82, 2.24) is 0 Å². The molecule has 17 heavy (non-hydrogen) atoms. The Bertz CT molecular complexity index is 317. The molecular formula is C14H21BrOS. The highest BCUT2D eigenvalue weighted by atomic mass is 79.9. The van der Waals surface area contributed by atoms with Crippen LogP contribution in [0.1, 0.15) is 39.0 Å². The fourth-order valence-electron chi connectivity index (χ4n) is 1.64. The first-order valence-electron chi connectivity index (χ1n) is 6.29. The summed E-state index contributed by atoms with van der Waals surface area (Å²) in [5.41, 5.74) is 0. The van der Waals surface area contributed by atoms with Crippen LogP contribution in [0, 0.1) is 0 Å². The van der Waals surface area contributed by atoms with Crippen LogP contribution in [0.3, 0.4) is 0 Å². The van der Waals surface area contributed by atoms with Crippen LogP contribution < -0.4 is 0 Å². The van der Waals surface area contributed by atoms with Gasteiger partial charge in [0.1, 0.15) is 0 Å². The van der Waals surface area contributed by atoms with Crippen molar-refractivity contribution in [2.24, 2.45) is 0 Å². The molecule has 0 aliphatic carbocycles. The van der Waals surface area contributed by atoms with Gasteiger partial charge in [0.15, 0.2) is 0 Å². The molecule has 0 aliphatic heterocycles. The number of halogens is 1. The molecule has 3 heteroatoms. The van der Waals surface area contributed by atoms with E-state index in [1.807, 2.05) is 18.2 Å². The zero-order chi connectivity index (χ0) is 12.5. The van der Waals surface area contributed by atoms with E-state index in [4.69, 9.17) is 0 Å². The average molecular weight is 317 g/mol. The minimum Gasteiger partial charge on any atom is -0.392 e. The van der Waals surface area contributed by atoms with Gasteiger partial charge in [0.2, 0.25) is 0 Å². The maximum absolute atomic E-state index is 9.86. The molecule has 1 N–H and O–H groups in total. The highest BCUT2D eigenvalue weighted by molar-refractivity contribution is 9.10. The Labute approximate surface area is 117 Å². The summed E-state index contributed by atoms with van der Waals surface area (Å²) < 4.78 is 1.11. The van der Waals surface area contributed by atoms with Crippen molar-refractivity contribution < 1.29 is 5.11 Å². The van der Waals surface area contributed by atoms with Gasteiger partial charge >= 0.3 is 0 Å². The Morgan fingerprint density at radius 2 is 2.00 bits per heavy atom. The van der Waals surface area contributed by atoms with Crippen molar-refractivity contribution in [3.8, 4) is 0 Å². The van der Waals surface area contributed by atoms with E-state index < -0.39 is 0 Å². The quantitative estimate of drug-likeness (QED) is 0.545. The Balaban J connectivity index is 2.19. The predicted octanol–water partition coefficient (Wildman–Crippen LogP) is 4.87. The number of unbranched alkanes of at least 4 members (excludes halogenated alkanes) is 3. The van der Waals surface area contributed by atoms with Gasteiger partial charge in [-0.2, -0.15) is 0 Å². The fourth-order valence-corrected chi connectivity index (χ4v) is 3.19. The van der Waals surface area contributed by atoms with Gasteiger partial charge in [-0.3, -0.25) is 0 Å². The van der Waals surface area contributed by atoms with Crippen LogP contribution in [-0.2, 0) is 0 Å². The van der Waals surface area contributed by atoms with E-state index in [0.717, 1.165) is 23.1 Å². The van der Waals surface area contributed by atoms with E-state index in [9.17, 15) is 5.11 Å². The van der Waals surface area contributed by atoms with Crippen LogP contribution in [0.4, 0.5) is 0 Å². The molecule has 0 spiro atoms. The summed E-state index contributed by atoms with van der Waals surface area (Å²) in [5.74, 6) is 0.786. The van der Waals surface area contributed by atoms with Crippen molar-refractivity contribution in [2.75, 3.05) is 5.75 Å². The van der Waals surface area contributed by atoms with Crippen molar-refractivity contribution in [1.29, 1.82) is 0 Å². The molecule has 1 rings (SSSR count). The predicted molar refractivity (Wildman–Crippen MR) is 79.6 cm³/mol. The number of rotatable bonds is 8. The van der Waals surface area contributed by atoms with Crippen molar-refractivity contribution >= 4 is 27.7 Å². The summed E-state index contributed by atoms with van der Waals surface area (Å²) in [6.45, 7) is 2.21. The zero-order valence-electron chi connectivity index (χ0n) is 10.4. The summed E-state index contributed by atoms with van der Waals surface area (Å²) in [4.78, 5) is 1.21. The maximum atomic E-state index is 9.86. The van der Waals surface area contributed by atoms with E-state index in [0.29, 0.717) is 0 Å². The third-order valence-corrected chi connectivity index (χ3v) is 4.83. The molecule has 0 aliphatic rings. The molecule has 0 aromatic heterocycles. The molecule has 0 saturated heterocycles. The first-order valence-corrected chi connectivity index (χ1v) is 8.07. The second kappa shape index (κ2) is 9.01. The van der Waals surface area contributed by atoms with Crippen LogP contribution >= 0.6 is 27.7 Å². The molecule has 1 nitrogen and oxygen atoms in total. The summed E-state index contributed by atoms with van der Waals surface area (Å²) >= 11 is 5.24. The van der Waals surface area contributed by atoms with Crippen LogP contribution in [-0.4, -0.2) is 17.0 Å². The first kappa shape index (κ1) is 15.1. The summed E-state index contributed by atoms with van der Waals surface area (Å²) in [6, 6.07) is 8.16. The van der Waals surface area contributed by atoms with E-state index in [1.54, 1.807) is 11.8 Å². The smallest absolute Gasteiger partial charge is 0.0634 e. The molecule has 1 aromatic carbocycles. The molecule has 1 atom stereocenters. The third kappa shape index (κ3) is 6.49. The Morgan fingerprint density at radius 1 is 1.24 bits per heavy atom. The van der Waals surface area contributed by atoms with Crippen molar-refractivity contribution in [3.63, 3.8) is 0 Å². The molecule has 96 valence electrons. The normalized spacial score (nSPS) is 12.6. The van der Waals surface area contributed by atoms with E-state index in [-0.39, 0.29) is 6.10 Å². The molecule has 0 bridgehead atoms. The Kier molecular flexibility index (Phi) is 7.99. The van der Waals surface area contributed by atoms with E-state index >= 15 is 0 Å². The summed E-state index contributed by atoms with van der Waals surface area (Å²) in [6.07, 6.45) is 5.67. The number of hydrogen-bond acceptors (Lipinski definition) is 2. The van der Waals surface area contributed by atoms with Crippen LogP contribution in [0.5, 0.6) is 0 Å². The van der Waals surface area contributed by atoms with Gasteiger partial charge < -0.3 is 5.11 Å². The number of thioether (sulfide) groups is 1. The molecule has 1 unspecified atom stereocenters. The molecule has 0 heterocycles. The maximum Gasteiger partial charge on any atom is 0.0634 e. The first-order chi connectivity index (χ1) is 8.24. The van der Waals surface area contributed by atoms with Gasteiger partial charge in [-0.25, -0.2) is 0 Å². The number of aliphatic hydroxyl groups is 1. The van der Waals surface area contributed by atoms with Crippen LogP contribution in [0.15, 0.2) is 33.6 Å². The second-order valence-corrected chi connectivity index (χ2v) is 6.16. The highest BCUT2D eigenvalue weighted by Gasteiger charge is 2.06. The molecular weight excluding hydrogens is 296 g/mol.